The van der Waals surface area contributed by atoms with Crippen LogP contribution in [0.1, 0.15) is 18.9 Å². The van der Waals surface area contributed by atoms with Crippen molar-refractivity contribution in [3.8, 4) is 0 Å². The average molecular weight is 290 g/mol. The molecule has 98 valence electrons. The van der Waals surface area contributed by atoms with Crippen LogP contribution in [0.15, 0.2) is 18.2 Å². The number of esters is 1. The Balaban J connectivity index is 2.57. The Morgan fingerprint density at radius 3 is 2.56 bits per heavy atom. The molecule has 6 heteroatoms. The van der Waals surface area contributed by atoms with Crippen molar-refractivity contribution in [2.24, 2.45) is 5.73 Å². The monoisotopic (exact) mass is 289 g/mol. The van der Waals surface area contributed by atoms with E-state index < -0.39 is 17.8 Å². The van der Waals surface area contributed by atoms with Crippen molar-refractivity contribution in [3.05, 3.63) is 33.8 Å². The number of ketones is 1. The van der Waals surface area contributed by atoms with Crippen molar-refractivity contribution < 1.29 is 14.3 Å². The standard InChI is InChI=1S/C12H13Cl2NO3/c1-2-10(15)11(16)12(17)18-6-7-3-4-8(13)9(14)5-7/h3-5,10H,2,6,15H2,1H3. The molecule has 4 nitrogen and oxygen atoms in total. The summed E-state index contributed by atoms with van der Waals surface area (Å²) in [7, 11) is 0. The van der Waals surface area contributed by atoms with Crippen molar-refractivity contribution in [1.82, 2.24) is 0 Å². The highest BCUT2D eigenvalue weighted by molar-refractivity contribution is 6.42. The van der Waals surface area contributed by atoms with Gasteiger partial charge in [0.25, 0.3) is 5.78 Å². The van der Waals surface area contributed by atoms with Crippen LogP contribution >= 0.6 is 23.2 Å². The molecule has 0 fully saturated rings. The molecule has 0 amide bonds. The van der Waals surface area contributed by atoms with E-state index in [0.717, 1.165) is 0 Å². The normalized spacial score (nSPS) is 12.0. The van der Waals surface area contributed by atoms with E-state index in [0.29, 0.717) is 22.0 Å². The number of nitrogens with two attached hydrogens (primary N) is 1. The van der Waals surface area contributed by atoms with Gasteiger partial charge in [-0.05, 0) is 24.1 Å². The van der Waals surface area contributed by atoms with Crippen molar-refractivity contribution in [2.45, 2.75) is 26.0 Å². The molecule has 1 rings (SSSR count). The molecule has 1 unspecified atom stereocenters. The number of Topliss-reactive ketones (excluding diaryl/α,β-unsaturated/α-hetero) is 1. The van der Waals surface area contributed by atoms with Gasteiger partial charge in [0.1, 0.15) is 6.61 Å². The van der Waals surface area contributed by atoms with Gasteiger partial charge in [0.15, 0.2) is 0 Å². The summed E-state index contributed by atoms with van der Waals surface area (Å²) in [6.45, 7) is 1.67. The van der Waals surface area contributed by atoms with Crippen LogP contribution in [0, 0.1) is 0 Å². The SMILES string of the molecule is CCC(N)C(=O)C(=O)OCc1ccc(Cl)c(Cl)c1. The second-order valence-corrected chi connectivity index (χ2v) is 4.52. The van der Waals surface area contributed by atoms with Crippen molar-refractivity contribution in [3.63, 3.8) is 0 Å². The first-order valence-electron chi connectivity index (χ1n) is 5.36. The minimum Gasteiger partial charge on any atom is -0.455 e. The van der Waals surface area contributed by atoms with E-state index in [2.05, 4.69) is 0 Å². The van der Waals surface area contributed by atoms with E-state index in [9.17, 15) is 9.59 Å². The van der Waals surface area contributed by atoms with Gasteiger partial charge in [-0.3, -0.25) is 4.79 Å². The first kappa shape index (κ1) is 15.0. The third-order valence-corrected chi connectivity index (χ3v) is 3.07. The van der Waals surface area contributed by atoms with Gasteiger partial charge < -0.3 is 10.5 Å². The smallest absolute Gasteiger partial charge is 0.376 e. The van der Waals surface area contributed by atoms with Crippen molar-refractivity contribution in [2.75, 3.05) is 0 Å². The number of halogens is 2. The van der Waals surface area contributed by atoms with E-state index in [-0.39, 0.29) is 6.61 Å². The predicted octanol–water partition coefficient (Wildman–Crippen LogP) is 2.34. The average Bonchev–Trinajstić information content (AvgIpc) is 2.37. The molecule has 0 saturated carbocycles. The van der Waals surface area contributed by atoms with Crippen LogP contribution in [0.3, 0.4) is 0 Å². The van der Waals surface area contributed by atoms with Gasteiger partial charge in [0.2, 0.25) is 0 Å². The Kier molecular flexibility index (Phi) is 5.59. The summed E-state index contributed by atoms with van der Waals surface area (Å²) in [5.74, 6) is -1.66. The van der Waals surface area contributed by atoms with E-state index >= 15 is 0 Å². The number of carbonyl (C=O) groups is 2. The maximum atomic E-state index is 11.4. The van der Waals surface area contributed by atoms with Gasteiger partial charge in [-0.1, -0.05) is 36.2 Å². The van der Waals surface area contributed by atoms with E-state index in [1.807, 2.05) is 0 Å². The van der Waals surface area contributed by atoms with E-state index in [1.54, 1.807) is 25.1 Å². The quantitative estimate of drug-likeness (QED) is 0.667. The maximum Gasteiger partial charge on any atom is 0.376 e. The molecule has 0 aliphatic rings. The summed E-state index contributed by atoms with van der Waals surface area (Å²) in [6, 6.07) is 4.01. The van der Waals surface area contributed by atoms with Crippen LogP contribution in [0.5, 0.6) is 0 Å². The molecule has 0 saturated heterocycles. The minimum absolute atomic E-state index is 0.0438. The Bertz CT molecular complexity index is 463. The molecule has 0 bridgehead atoms. The number of ether oxygens (including phenoxy) is 1. The minimum atomic E-state index is -0.935. The summed E-state index contributed by atoms with van der Waals surface area (Å²) in [5.41, 5.74) is 6.09. The van der Waals surface area contributed by atoms with Crippen LogP contribution in [-0.2, 0) is 20.9 Å². The number of rotatable bonds is 5. The Morgan fingerprint density at radius 2 is 2.00 bits per heavy atom. The van der Waals surface area contributed by atoms with Gasteiger partial charge in [0.05, 0.1) is 16.1 Å². The number of hydrogen-bond donors (Lipinski definition) is 1. The predicted molar refractivity (Wildman–Crippen MR) is 69.5 cm³/mol. The van der Waals surface area contributed by atoms with Crippen LogP contribution in [-0.4, -0.2) is 17.8 Å². The third kappa shape index (κ3) is 3.98. The highest BCUT2D eigenvalue weighted by atomic mass is 35.5. The lowest BCUT2D eigenvalue weighted by Crippen LogP contribution is -2.36. The lowest BCUT2D eigenvalue weighted by atomic mass is 10.1. The molecule has 0 aliphatic heterocycles. The molecule has 0 radical (unpaired) electrons. The maximum absolute atomic E-state index is 11.4. The highest BCUT2D eigenvalue weighted by Gasteiger charge is 2.21. The third-order valence-electron chi connectivity index (χ3n) is 2.33. The van der Waals surface area contributed by atoms with Gasteiger partial charge >= 0.3 is 5.97 Å². The van der Waals surface area contributed by atoms with E-state index in [4.69, 9.17) is 33.7 Å². The number of benzene rings is 1. The molecule has 2 N–H and O–H groups in total. The fourth-order valence-electron chi connectivity index (χ4n) is 1.19. The van der Waals surface area contributed by atoms with Crippen LogP contribution in [0.25, 0.3) is 0 Å². The van der Waals surface area contributed by atoms with Gasteiger partial charge in [-0.25, -0.2) is 4.79 Å². The van der Waals surface area contributed by atoms with Crippen LogP contribution < -0.4 is 5.73 Å². The molecule has 1 aromatic rings. The molecule has 0 spiro atoms. The summed E-state index contributed by atoms with van der Waals surface area (Å²) in [6.07, 6.45) is 0.390. The zero-order valence-electron chi connectivity index (χ0n) is 9.78. The largest absolute Gasteiger partial charge is 0.455 e. The summed E-state index contributed by atoms with van der Waals surface area (Å²) in [4.78, 5) is 22.7. The summed E-state index contributed by atoms with van der Waals surface area (Å²) in [5, 5.41) is 0.776. The zero-order chi connectivity index (χ0) is 13.7. The topological polar surface area (TPSA) is 69.4 Å². The fraction of sp³-hybridized carbons (Fsp3) is 0.333. The zero-order valence-corrected chi connectivity index (χ0v) is 11.3. The lowest BCUT2D eigenvalue weighted by Gasteiger charge is -2.08. The molecule has 0 heterocycles. The summed E-state index contributed by atoms with van der Waals surface area (Å²) >= 11 is 11.5. The molecular formula is C12H13Cl2NO3. The molecule has 1 aromatic carbocycles. The van der Waals surface area contributed by atoms with Crippen LogP contribution in [0.4, 0.5) is 0 Å². The van der Waals surface area contributed by atoms with Gasteiger partial charge in [-0.15, -0.1) is 0 Å². The van der Waals surface area contributed by atoms with Crippen LogP contribution in [0.2, 0.25) is 10.0 Å². The summed E-state index contributed by atoms with van der Waals surface area (Å²) < 4.78 is 4.84. The second kappa shape index (κ2) is 6.73. The molecule has 0 aromatic heterocycles. The van der Waals surface area contributed by atoms with E-state index in [1.165, 1.54) is 0 Å². The molecular weight excluding hydrogens is 277 g/mol. The fourth-order valence-corrected chi connectivity index (χ4v) is 1.51. The van der Waals surface area contributed by atoms with Crippen molar-refractivity contribution >= 4 is 35.0 Å². The Hall–Kier alpha value is -1.10. The molecule has 1 atom stereocenters. The number of hydrogen-bond acceptors (Lipinski definition) is 4. The second-order valence-electron chi connectivity index (χ2n) is 3.70. The van der Waals surface area contributed by atoms with Gasteiger partial charge in [0, 0.05) is 0 Å². The lowest BCUT2D eigenvalue weighted by molar-refractivity contribution is -0.155. The molecule has 0 aliphatic carbocycles. The van der Waals surface area contributed by atoms with Gasteiger partial charge in [-0.2, -0.15) is 0 Å². The first-order chi connectivity index (χ1) is 8.45. The first-order valence-corrected chi connectivity index (χ1v) is 6.11. The Labute approximate surface area is 115 Å². The Morgan fingerprint density at radius 1 is 1.33 bits per heavy atom. The number of carbonyl (C=O) groups excluding carboxylic acids is 2. The van der Waals surface area contributed by atoms with Crippen molar-refractivity contribution in [1.29, 1.82) is 0 Å². The molecule has 18 heavy (non-hydrogen) atoms. The highest BCUT2D eigenvalue weighted by Crippen LogP contribution is 2.22.